The molecule has 4 aliphatic rings. The largest absolute Gasteiger partial charge is 0.122 e. The summed E-state index contributed by atoms with van der Waals surface area (Å²) in [5, 5.41) is 0.418. The van der Waals surface area contributed by atoms with E-state index in [1.54, 1.807) is 5.57 Å². The molecule has 7 atom stereocenters. The summed E-state index contributed by atoms with van der Waals surface area (Å²) < 4.78 is 0. The first-order chi connectivity index (χ1) is 6.79. The first kappa shape index (κ1) is 7.98. The second kappa shape index (κ2) is 2.29. The minimum Gasteiger partial charge on any atom is -0.122 e. The van der Waals surface area contributed by atoms with Crippen molar-refractivity contribution in [2.24, 2.45) is 35.5 Å². The average molecular weight is 207 g/mol. The topological polar surface area (TPSA) is 0 Å². The van der Waals surface area contributed by atoms with Gasteiger partial charge in [0, 0.05) is 5.38 Å². The zero-order valence-corrected chi connectivity index (χ0v) is 8.95. The number of alkyl halides is 1. The van der Waals surface area contributed by atoms with Crippen LogP contribution in [0.3, 0.4) is 0 Å². The molecule has 0 aromatic heterocycles. The van der Waals surface area contributed by atoms with Gasteiger partial charge >= 0.3 is 0 Å². The molecule has 0 N–H and O–H groups in total. The molecule has 1 unspecified atom stereocenters. The van der Waals surface area contributed by atoms with E-state index in [2.05, 4.69) is 18.7 Å². The summed E-state index contributed by atoms with van der Waals surface area (Å²) in [6.07, 6.45) is 7.56. The van der Waals surface area contributed by atoms with Crippen molar-refractivity contribution < 1.29 is 0 Å². The molecule has 3 saturated carbocycles. The Kier molecular flexibility index (Phi) is 1.31. The monoisotopic (exact) mass is 206 g/mol. The Balaban J connectivity index is 1.84. The van der Waals surface area contributed by atoms with Gasteiger partial charge in [-0.3, -0.25) is 0 Å². The Morgan fingerprint density at radius 1 is 1.07 bits per heavy atom. The summed E-state index contributed by atoms with van der Waals surface area (Å²) in [7, 11) is 0. The fourth-order valence-electron chi connectivity index (χ4n) is 4.88. The van der Waals surface area contributed by atoms with Gasteiger partial charge in [-0.25, -0.2) is 0 Å². The summed E-state index contributed by atoms with van der Waals surface area (Å²) in [6.45, 7) is 4.31. The standard InChI is InChI=1S/C13H15Cl/c1-6-7-2-3-8(6)12-10-5-4-9(11(7)12)13(10)14/h4-5,7-13H,1-3H2/t7-,8+,9+,10-,11-,12+,13?. The number of rotatable bonds is 0. The van der Waals surface area contributed by atoms with Gasteiger partial charge in [0.05, 0.1) is 0 Å². The lowest BCUT2D eigenvalue weighted by Gasteiger charge is -2.30. The zero-order chi connectivity index (χ0) is 9.45. The smallest absolute Gasteiger partial charge is 0.0467 e. The maximum atomic E-state index is 6.49. The van der Waals surface area contributed by atoms with E-state index in [4.69, 9.17) is 11.6 Å². The molecule has 4 aliphatic carbocycles. The van der Waals surface area contributed by atoms with Crippen LogP contribution >= 0.6 is 11.6 Å². The average Bonchev–Trinajstić information content (AvgIpc) is 2.87. The Morgan fingerprint density at radius 3 is 2.07 bits per heavy atom. The van der Waals surface area contributed by atoms with Crippen molar-refractivity contribution in [2.75, 3.05) is 0 Å². The normalized spacial score (nSPS) is 62.6. The lowest BCUT2D eigenvalue weighted by atomic mass is 9.73. The number of halogens is 1. The highest BCUT2D eigenvalue weighted by Crippen LogP contribution is 2.67. The maximum absolute atomic E-state index is 6.49. The Hall–Kier alpha value is -0.230. The molecule has 14 heavy (non-hydrogen) atoms. The molecule has 0 saturated heterocycles. The Morgan fingerprint density at radius 2 is 1.57 bits per heavy atom. The summed E-state index contributed by atoms with van der Waals surface area (Å²) >= 11 is 6.49. The molecule has 3 fully saturated rings. The van der Waals surface area contributed by atoms with Crippen LogP contribution in [0.15, 0.2) is 24.3 Å². The minimum absolute atomic E-state index is 0.418. The van der Waals surface area contributed by atoms with Crippen molar-refractivity contribution in [3.63, 3.8) is 0 Å². The van der Waals surface area contributed by atoms with Crippen molar-refractivity contribution >= 4 is 11.6 Å². The van der Waals surface area contributed by atoms with Gasteiger partial charge in [0.1, 0.15) is 0 Å². The highest BCUT2D eigenvalue weighted by molar-refractivity contribution is 6.21. The van der Waals surface area contributed by atoms with Gasteiger partial charge in [0.25, 0.3) is 0 Å². The second-order valence-electron chi connectivity index (χ2n) is 5.50. The van der Waals surface area contributed by atoms with E-state index in [0.717, 1.165) is 23.7 Å². The van der Waals surface area contributed by atoms with E-state index in [9.17, 15) is 0 Å². The SMILES string of the molecule is C=C1[C@H]2CC[C@@H]1[C@@H]1[C@H]2[C@@H]2C=C[C@H]1C2Cl. The summed E-state index contributed by atoms with van der Waals surface area (Å²) in [6, 6.07) is 0. The van der Waals surface area contributed by atoms with Crippen molar-refractivity contribution in [3.05, 3.63) is 24.3 Å². The third kappa shape index (κ3) is 0.652. The van der Waals surface area contributed by atoms with E-state index < -0.39 is 0 Å². The van der Waals surface area contributed by atoms with Crippen molar-refractivity contribution in [2.45, 2.75) is 18.2 Å². The van der Waals surface area contributed by atoms with Gasteiger partial charge in [0.15, 0.2) is 0 Å². The molecule has 1 heteroatoms. The molecule has 74 valence electrons. The zero-order valence-electron chi connectivity index (χ0n) is 8.20. The third-order valence-electron chi connectivity index (χ3n) is 5.29. The molecule has 4 rings (SSSR count). The molecule has 0 amide bonds. The first-order valence-corrected chi connectivity index (χ1v) is 6.24. The van der Waals surface area contributed by atoms with Gasteiger partial charge in [-0.05, 0) is 48.3 Å². The van der Waals surface area contributed by atoms with Crippen LogP contribution in [0.2, 0.25) is 0 Å². The molecule has 0 aliphatic heterocycles. The van der Waals surface area contributed by atoms with Gasteiger partial charge in [-0.2, -0.15) is 0 Å². The number of fused-ring (bicyclic) bond motifs is 9. The van der Waals surface area contributed by atoms with Crippen LogP contribution in [0.1, 0.15) is 12.8 Å². The Labute approximate surface area is 90.0 Å². The minimum atomic E-state index is 0.418. The molecule has 4 bridgehead atoms. The number of hydrogen-bond acceptors (Lipinski definition) is 0. The molecule has 0 nitrogen and oxygen atoms in total. The van der Waals surface area contributed by atoms with Crippen LogP contribution in [-0.4, -0.2) is 5.38 Å². The Bertz CT molecular complexity index is 309. The number of hydrogen-bond donors (Lipinski definition) is 0. The molecule has 0 radical (unpaired) electrons. The fraction of sp³-hybridized carbons (Fsp3) is 0.692. The second-order valence-corrected chi connectivity index (χ2v) is 6.01. The van der Waals surface area contributed by atoms with Gasteiger partial charge in [0.2, 0.25) is 0 Å². The molecule has 0 aromatic rings. The lowest BCUT2D eigenvalue weighted by molar-refractivity contribution is 0.206. The van der Waals surface area contributed by atoms with E-state index in [1.807, 2.05) is 0 Å². The van der Waals surface area contributed by atoms with Crippen molar-refractivity contribution in [3.8, 4) is 0 Å². The summed E-state index contributed by atoms with van der Waals surface area (Å²) in [5.74, 6) is 4.76. The predicted molar refractivity (Wildman–Crippen MR) is 58.1 cm³/mol. The van der Waals surface area contributed by atoms with E-state index in [0.29, 0.717) is 17.2 Å². The quantitative estimate of drug-likeness (QED) is 0.324. The van der Waals surface area contributed by atoms with E-state index >= 15 is 0 Å². The van der Waals surface area contributed by atoms with Crippen molar-refractivity contribution in [1.29, 1.82) is 0 Å². The van der Waals surface area contributed by atoms with Crippen LogP contribution < -0.4 is 0 Å². The summed E-state index contributed by atoms with van der Waals surface area (Å²) in [4.78, 5) is 0. The lowest BCUT2D eigenvalue weighted by Crippen LogP contribution is -2.25. The van der Waals surface area contributed by atoms with E-state index in [1.165, 1.54) is 12.8 Å². The molecular formula is C13H15Cl. The van der Waals surface area contributed by atoms with Gasteiger partial charge < -0.3 is 0 Å². The molecule has 0 heterocycles. The van der Waals surface area contributed by atoms with Crippen LogP contribution in [0.5, 0.6) is 0 Å². The first-order valence-electron chi connectivity index (χ1n) is 5.80. The van der Waals surface area contributed by atoms with Crippen LogP contribution in [0, 0.1) is 35.5 Å². The fourth-order valence-corrected chi connectivity index (χ4v) is 5.38. The van der Waals surface area contributed by atoms with Crippen molar-refractivity contribution in [1.82, 2.24) is 0 Å². The molecule has 0 spiro atoms. The maximum Gasteiger partial charge on any atom is 0.0467 e. The number of allylic oxidation sites excluding steroid dienone is 3. The third-order valence-corrected chi connectivity index (χ3v) is 5.88. The van der Waals surface area contributed by atoms with E-state index in [-0.39, 0.29) is 0 Å². The highest BCUT2D eigenvalue weighted by atomic mass is 35.5. The van der Waals surface area contributed by atoms with Crippen LogP contribution in [-0.2, 0) is 0 Å². The van der Waals surface area contributed by atoms with Crippen LogP contribution in [0.4, 0.5) is 0 Å². The van der Waals surface area contributed by atoms with Gasteiger partial charge in [-0.15, -0.1) is 11.6 Å². The molecule has 0 aromatic carbocycles. The predicted octanol–water partition coefficient (Wildman–Crippen LogP) is 3.24. The van der Waals surface area contributed by atoms with Crippen LogP contribution in [0.25, 0.3) is 0 Å². The van der Waals surface area contributed by atoms with Gasteiger partial charge in [-0.1, -0.05) is 24.3 Å². The summed E-state index contributed by atoms with van der Waals surface area (Å²) in [5.41, 5.74) is 1.57. The molecular weight excluding hydrogens is 192 g/mol. The highest BCUT2D eigenvalue weighted by Gasteiger charge is 2.62.